The van der Waals surface area contributed by atoms with Crippen LogP contribution in [0.4, 0.5) is 6.01 Å². The molecule has 3 rings (SSSR count). The first-order valence-electron chi connectivity index (χ1n) is 6.31. The lowest BCUT2D eigenvalue weighted by atomic mass is 10.2. The minimum absolute atomic E-state index is 0.0469. The Kier molecular flexibility index (Phi) is 4.51. The average Bonchev–Trinajstić information content (AvgIpc) is 3.13. The van der Waals surface area contributed by atoms with Crippen LogP contribution in [-0.2, 0) is 0 Å². The standard InChI is InChI=1S/C14H9Cl2N3O3S/c1-21-9-5-3-2-4-7(9)12(20)17-14-19-18-13(22-14)8-6-10(15)23-11(8)16/h2-6H,1H3,(H,17,19,20). The third kappa shape index (κ3) is 3.31. The molecule has 1 amide bonds. The maximum absolute atomic E-state index is 12.2. The SMILES string of the molecule is COc1ccccc1C(=O)Nc1nnc(-c2cc(Cl)sc2Cl)o1. The number of benzene rings is 1. The molecule has 6 nitrogen and oxygen atoms in total. The second kappa shape index (κ2) is 6.57. The molecule has 2 aromatic heterocycles. The van der Waals surface area contributed by atoms with E-state index in [4.69, 9.17) is 32.4 Å². The van der Waals surface area contributed by atoms with Crippen molar-refractivity contribution in [1.82, 2.24) is 10.2 Å². The van der Waals surface area contributed by atoms with Crippen molar-refractivity contribution in [2.24, 2.45) is 0 Å². The van der Waals surface area contributed by atoms with E-state index in [-0.39, 0.29) is 11.9 Å². The van der Waals surface area contributed by atoms with Crippen molar-refractivity contribution in [3.63, 3.8) is 0 Å². The van der Waals surface area contributed by atoms with Gasteiger partial charge in [-0.25, -0.2) is 0 Å². The molecule has 0 aliphatic carbocycles. The highest BCUT2D eigenvalue weighted by molar-refractivity contribution is 7.20. The fourth-order valence-electron chi connectivity index (χ4n) is 1.87. The van der Waals surface area contributed by atoms with E-state index in [1.807, 2.05) is 0 Å². The summed E-state index contributed by atoms with van der Waals surface area (Å²) >= 11 is 13.1. The number of carbonyl (C=O) groups excluding carboxylic acids is 1. The number of thiophene rings is 1. The van der Waals surface area contributed by atoms with E-state index in [2.05, 4.69) is 15.5 Å². The molecule has 0 saturated carbocycles. The predicted molar refractivity (Wildman–Crippen MR) is 88.6 cm³/mol. The number of nitrogens with one attached hydrogen (secondary N) is 1. The van der Waals surface area contributed by atoms with Crippen LogP contribution in [0, 0.1) is 0 Å². The quantitative estimate of drug-likeness (QED) is 0.738. The van der Waals surface area contributed by atoms with Gasteiger partial charge in [-0.2, -0.15) is 0 Å². The van der Waals surface area contributed by atoms with Crippen LogP contribution in [0.2, 0.25) is 8.67 Å². The minimum Gasteiger partial charge on any atom is -0.496 e. The van der Waals surface area contributed by atoms with Crippen molar-refractivity contribution < 1.29 is 13.9 Å². The lowest BCUT2D eigenvalue weighted by Crippen LogP contribution is -2.13. The molecule has 118 valence electrons. The molecule has 23 heavy (non-hydrogen) atoms. The summed E-state index contributed by atoms with van der Waals surface area (Å²) in [6.45, 7) is 0. The zero-order chi connectivity index (χ0) is 16.4. The van der Waals surface area contributed by atoms with Crippen molar-refractivity contribution >= 4 is 46.5 Å². The molecule has 2 heterocycles. The van der Waals surface area contributed by atoms with Gasteiger partial charge >= 0.3 is 6.01 Å². The molecule has 0 spiro atoms. The maximum atomic E-state index is 12.2. The largest absolute Gasteiger partial charge is 0.496 e. The Balaban J connectivity index is 1.82. The second-order valence-electron chi connectivity index (χ2n) is 4.30. The minimum atomic E-state index is -0.424. The van der Waals surface area contributed by atoms with Crippen molar-refractivity contribution in [1.29, 1.82) is 0 Å². The van der Waals surface area contributed by atoms with Crippen LogP contribution in [0.25, 0.3) is 11.5 Å². The van der Waals surface area contributed by atoms with Crippen molar-refractivity contribution in [2.45, 2.75) is 0 Å². The highest BCUT2D eigenvalue weighted by atomic mass is 35.5. The number of aromatic nitrogens is 2. The summed E-state index contributed by atoms with van der Waals surface area (Å²) in [7, 11) is 1.49. The highest BCUT2D eigenvalue weighted by Gasteiger charge is 2.18. The lowest BCUT2D eigenvalue weighted by molar-refractivity contribution is 0.102. The summed E-state index contributed by atoms with van der Waals surface area (Å²) in [5.41, 5.74) is 0.873. The zero-order valence-corrected chi connectivity index (χ0v) is 14.0. The molecule has 0 aliphatic rings. The first-order chi connectivity index (χ1) is 11.1. The van der Waals surface area contributed by atoms with E-state index >= 15 is 0 Å². The molecule has 0 aliphatic heterocycles. The van der Waals surface area contributed by atoms with Crippen LogP contribution in [0.3, 0.4) is 0 Å². The summed E-state index contributed by atoms with van der Waals surface area (Å²) < 4.78 is 11.5. The molecule has 0 bridgehead atoms. The number of rotatable bonds is 4. The van der Waals surface area contributed by atoms with Gasteiger partial charge < -0.3 is 9.15 Å². The average molecular weight is 370 g/mol. The number of hydrogen-bond acceptors (Lipinski definition) is 6. The molecule has 0 atom stereocenters. The van der Waals surface area contributed by atoms with Crippen molar-refractivity contribution in [2.75, 3.05) is 12.4 Å². The van der Waals surface area contributed by atoms with Gasteiger partial charge in [0.05, 0.1) is 22.6 Å². The summed E-state index contributed by atoms with van der Waals surface area (Å²) in [6.07, 6.45) is 0. The Morgan fingerprint density at radius 1 is 1.30 bits per heavy atom. The third-order valence-electron chi connectivity index (χ3n) is 2.88. The second-order valence-corrected chi connectivity index (χ2v) is 6.59. The zero-order valence-electron chi connectivity index (χ0n) is 11.7. The third-order valence-corrected chi connectivity index (χ3v) is 4.37. The van der Waals surface area contributed by atoms with Crippen LogP contribution in [0.15, 0.2) is 34.7 Å². The number of carbonyl (C=O) groups is 1. The van der Waals surface area contributed by atoms with Crippen LogP contribution in [0.5, 0.6) is 5.75 Å². The first-order valence-corrected chi connectivity index (χ1v) is 7.89. The molecule has 1 aromatic carbocycles. The van der Waals surface area contributed by atoms with E-state index in [9.17, 15) is 4.79 Å². The van der Waals surface area contributed by atoms with Gasteiger partial charge in [0, 0.05) is 0 Å². The van der Waals surface area contributed by atoms with E-state index in [0.29, 0.717) is 25.5 Å². The molecule has 0 fully saturated rings. The molecular formula is C14H9Cl2N3O3S. The van der Waals surface area contributed by atoms with Gasteiger partial charge in [-0.3, -0.25) is 10.1 Å². The van der Waals surface area contributed by atoms with Gasteiger partial charge in [0.1, 0.15) is 10.1 Å². The monoisotopic (exact) mass is 369 g/mol. The fraction of sp³-hybridized carbons (Fsp3) is 0.0714. The van der Waals surface area contributed by atoms with E-state index < -0.39 is 5.91 Å². The van der Waals surface area contributed by atoms with Crippen molar-refractivity contribution in [3.05, 3.63) is 44.6 Å². The number of ether oxygens (including phenoxy) is 1. The summed E-state index contributed by atoms with van der Waals surface area (Å²) in [5.74, 6) is 0.193. The molecular weight excluding hydrogens is 361 g/mol. The smallest absolute Gasteiger partial charge is 0.322 e. The normalized spacial score (nSPS) is 10.6. The van der Waals surface area contributed by atoms with Crippen LogP contribution < -0.4 is 10.1 Å². The number of halogens is 2. The number of methoxy groups -OCH3 is 1. The summed E-state index contributed by atoms with van der Waals surface area (Å²) in [4.78, 5) is 12.2. The van der Waals surface area contributed by atoms with Crippen LogP contribution >= 0.6 is 34.5 Å². The van der Waals surface area contributed by atoms with Gasteiger partial charge in [-0.1, -0.05) is 40.4 Å². The summed E-state index contributed by atoms with van der Waals surface area (Å²) in [6, 6.07) is 8.37. The fourth-order valence-corrected chi connectivity index (χ4v) is 3.31. The molecule has 3 aromatic rings. The molecule has 0 unspecified atom stereocenters. The number of nitrogens with zero attached hydrogens (tertiary/aromatic N) is 2. The number of para-hydroxylation sites is 1. The molecule has 1 N–H and O–H groups in total. The van der Waals surface area contributed by atoms with Gasteiger partial charge in [0.2, 0.25) is 0 Å². The number of hydrogen-bond donors (Lipinski definition) is 1. The van der Waals surface area contributed by atoms with Gasteiger partial charge in [-0.05, 0) is 18.2 Å². The van der Waals surface area contributed by atoms with Gasteiger partial charge in [0.15, 0.2) is 0 Å². The Bertz CT molecular complexity index is 863. The number of anilines is 1. The highest BCUT2D eigenvalue weighted by Crippen LogP contribution is 2.37. The lowest BCUT2D eigenvalue weighted by Gasteiger charge is -2.06. The molecule has 0 saturated heterocycles. The van der Waals surface area contributed by atoms with Gasteiger partial charge in [0.25, 0.3) is 11.8 Å². The van der Waals surface area contributed by atoms with Crippen LogP contribution in [0.1, 0.15) is 10.4 Å². The number of amides is 1. The Morgan fingerprint density at radius 3 is 2.78 bits per heavy atom. The maximum Gasteiger partial charge on any atom is 0.322 e. The predicted octanol–water partition coefficient (Wildman–Crippen LogP) is 4.37. The Labute approximate surface area is 145 Å². The van der Waals surface area contributed by atoms with E-state index in [1.54, 1.807) is 30.3 Å². The van der Waals surface area contributed by atoms with Crippen LogP contribution in [-0.4, -0.2) is 23.2 Å². The van der Waals surface area contributed by atoms with E-state index in [0.717, 1.165) is 0 Å². The molecule has 9 heteroatoms. The van der Waals surface area contributed by atoms with E-state index in [1.165, 1.54) is 18.4 Å². The van der Waals surface area contributed by atoms with Gasteiger partial charge in [-0.15, -0.1) is 16.4 Å². The molecule has 0 radical (unpaired) electrons. The summed E-state index contributed by atoms with van der Waals surface area (Å²) in [5, 5.41) is 10.1. The Hall–Kier alpha value is -2.09. The topological polar surface area (TPSA) is 77.2 Å². The van der Waals surface area contributed by atoms with Crippen molar-refractivity contribution in [3.8, 4) is 17.2 Å². The first kappa shape index (κ1) is 15.8. The Morgan fingerprint density at radius 2 is 2.09 bits per heavy atom.